The molecule has 24 heavy (non-hydrogen) atoms. The number of carboxylic acids is 1. The molecule has 1 fully saturated rings. The Labute approximate surface area is 141 Å². The van der Waals surface area contributed by atoms with E-state index < -0.39 is 31.9 Å². The van der Waals surface area contributed by atoms with Gasteiger partial charge in [0.1, 0.15) is 0 Å². The van der Waals surface area contributed by atoms with E-state index in [0.717, 1.165) is 0 Å². The molecule has 0 amide bonds. The molecule has 1 saturated carbocycles. The monoisotopic (exact) mass is 376 g/mol. The van der Waals surface area contributed by atoms with Gasteiger partial charge in [0.25, 0.3) is 0 Å². The third kappa shape index (κ3) is 4.32. The van der Waals surface area contributed by atoms with Crippen molar-refractivity contribution in [3.63, 3.8) is 0 Å². The van der Waals surface area contributed by atoms with E-state index in [0.29, 0.717) is 25.7 Å². The first-order valence-electron chi connectivity index (χ1n) is 7.44. The lowest BCUT2D eigenvalue weighted by atomic mass is 9.87. The third-order valence-corrected chi connectivity index (χ3v) is 7.08. The van der Waals surface area contributed by atoms with Gasteiger partial charge >= 0.3 is 5.97 Å². The van der Waals surface area contributed by atoms with Crippen molar-refractivity contribution >= 4 is 26.0 Å². The van der Waals surface area contributed by atoms with Crippen LogP contribution in [0.3, 0.4) is 0 Å². The Balaban J connectivity index is 2.07. The lowest BCUT2D eigenvalue weighted by Gasteiger charge is -2.26. The van der Waals surface area contributed by atoms with Gasteiger partial charge in [0, 0.05) is 6.04 Å². The van der Waals surface area contributed by atoms with Crippen LogP contribution in [0.15, 0.2) is 34.1 Å². The van der Waals surface area contributed by atoms with Crippen LogP contribution >= 0.6 is 0 Å². The van der Waals surface area contributed by atoms with E-state index in [1.165, 1.54) is 31.3 Å². The summed E-state index contributed by atoms with van der Waals surface area (Å²) in [5.41, 5.74) is 0. The smallest absolute Gasteiger partial charge is 0.306 e. The molecule has 0 aromatic heterocycles. The molecule has 0 bridgehead atoms. The van der Waals surface area contributed by atoms with Gasteiger partial charge in [0.2, 0.25) is 20.0 Å². The van der Waals surface area contributed by atoms with Crippen molar-refractivity contribution in [2.75, 3.05) is 7.05 Å². The van der Waals surface area contributed by atoms with Crippen LogP contribution in [0.1, 0.15) is 25.7 Å². The number of rotatable bonds is 6. The molecular formula is C14H20N2O6S2. The minimum absolute atomic E-state index is 0.0223. The summed E-state index contributed by atoms with van der Waals surface area (Å²) in [6.45, 7) is 0. The van der Waals surface area contributed by atoms with E-state index in [1.54, 1.807) is 0 Å². The van der Waals surface area contributed by atoms with Gasteiger partial charge in [0.15, 0.2) is 0 Å². The van der Waals surface area contributed by atoms with Crippen LogP contribution in [-0.2, 0) is 24.8 Å². The zero-order chi connectivity index (χ0) is 18.0. The molecule has 0 radical (unpaired) electrons. The van der Waals surface area contributed by atoms with E-state index in [9.17, 15) is 21.6 Å². The molecule has 1 aliphatic carbocycles. The van der Waals surface area contributed by atoms with Crippen molar-refractivity contribution in [3.05, 3.63) is 24.3 Å². The molecule has 1 aromatic carbocycles. The maximum absolute atomic E-state index is 12.4. The largest absolute Gasteiger partial charge is 0.481 e. The highest BCUT2D eigenvalue weighted by Gasteiger charge is 2.29. The van der Waals surface area contributed by atoms with Gasteiger partial charge in [-0.25, -0.2) is 26.3 Å². The van der Waals surface area contributed by atoms with Crippen molar-refractivity contribution in [2.24, 2.45) is 5.92 Å². The number of benzene rings is 1. The summed E-state index contributed by atoms with van der Waals surface area (Å²) < 4.78 is 52.7. The highest BCUT2D eigenvalue weighted by atomic mass is 32.2. The molecular weight excluding hydrogens is 356 g/mol. The van der Waals surface area contributed by atoms with E-state index in [2.05, 4.69) is 9.44 Å². The number of aliphatic carboxylic acids is 1. The zero-order valence-corrected chi connectivity index (χ0v) is 14.7. The summed E-state index contributed by atoms with van der Waals surface area (Å²) in [5, 5.41) is 8.95. The van der Waals surface area contributed by atoms with Crippen LogP contribution in [0.25, 0.3) is 0 Å². The van der Waals surface area contributed by atoms with E-state index in [-0.39, 0.29) is 15.8 Å². The number of hydrogen-bond acceptors (Lipinski definition) is 5. The first kappa shape index (κ1) is 18.8. The summed E-state index contributed by atoms with van der Waals surface area (Å²) in [4.78, 5) is 10.9. The zero-order valence-electron chi connectivity index (χ0n) is 13.1. The predicted molar refractivity (Wildman–Crippen MR) is 86.4 cm³/mol. The second-order valence-electron chi connectivity index (χ2n) is 5.69. The van der Waals surface area contributed by atoms with Crippen molar-refractivity contribution in [1.82, 2.24) is 9.44 Å². The molecule has 0 atom stereocenters. The predicted octanol–water partition coefficient (Wildman–Crippen LogP) is 0.516. The fourth-order valence-electron chi connectivity index (χ4n) is 2.66. The third-order valence-electron chi connectivity index (χ3n) is 4.11. The summed E-state index contributed by atoms with van der Waals surface area (Å²) in [6.07, 6.45) is 1.79. The fraction of sp³-hybridized carbons (Fsp3) is 0.500. The van der Waals surface area contributed by atoms with E-state index in [1.807, 2.05) is 0 Å². The molecule has 0 heterocycles. The maximum atomic E-state index is 12.4. The molecule has 1 aromatic rings. The van der Waals surface area contributed by atoms with Crippen LogP contribution in [0.4, 0.5) is 0 Å². The molecule has 0 aliphatic heterocycles. The normalized spacial score (nSPS) is 22.2. The molecule has 0 spiro atoms. The highest BCUT2D eigenvalue weighted by molar-refractivity contribution is 7.90. The molecule has 8 nitrogen and oxygen atoms in total. The summed E-state index contributed by atoms with van der Waals surface area (Å²) in [7, 11) is -6.13. The van der Waals surface area contributed by atoms with Gasteiger partial charge in [-0.05, 0) is 57.0 Å². The van der Waals surface area contributed by atoms with Crippen LogP contribution in [0.5, 0.6) is 0 Å². The van der Waals surface area contributed by atoms with Crippen LogP contribution in [0.2, 0.25) is 0 Å². The summed E-state index contributed by atoms with van der Waals surface area (Å²) >= 11 is 0. The van der Waals surface area contributed by atoms with Crippen LogP contribution < -0.4 is 9.44 Å². The van der Waals surface area contributed by atoms with Crippen LogP contribution in [-0.4, -0.2) is 41.0 Å². The van der Waals surface area contributed by atoms with Crippen molar-refractivity contribution in [1.29, 1.82) is 0 Å². The second kappa shape index (κ2) is 7.18. The maximum Gasteiger partial charge on any atom is 0.306 e. The Morgan fingerprint density at radius 2 is 1.42 bits per heavy atom. The SMILES string of the molecule is CNS(=O)(=O)c1ccc(S(=O)(=O)NC2CCC(C(=O)O)CC2)cc1. The molecule has 1 aliphatic rings. The minimum Gasteiger partial charge on any atom is -0.481 e. The minimum atomic E-state index is -3.78. The fourth-order valence-corrected chi connectivity index (χ4v) is 4.70. The number of carboxylic acid groups (broad SMARTS) is 1. The topological polar surface area (TPSA) is 130 Å². The van der Waals surface area contributed by atoms with Crippen molar-refractivity contribution in [3.8, 4) is 0 Å². The van der Waals surface area contributed by atoms with Gasteiger partial charge in [-0.15, -0.1) is 0 Å². The Morgan fingerprint density at radius 3 is 1.83 bits per heavy atom. The van der Waals surface area contributed by atoms with E-state index in [4.69, 9.17) is 5.11 Å². The first-order valence-corrected chi connectivity index (χ1v) is 10.4. The number of sulfonamides is 2. The lowest BCUT2D eigenvalue weighted by molar-refractivity contribution is -0.142. The molecule has 3 N–H and O–H groups in total. The number of carbonyl (C=O) groups is 1. The molecule has 2 rings (SSSR count). The lowest BCUT2D eigenvalue weighted by Crippen LogP contribution is -2.38. The standard InChI is InChI=1S/C14H20N2O6S2/c1-15-23(19,20)12-6-8-13(9-7-12)24(21,22)16-11-4-2-10(3-5-11)14(17)18/h6-11,15-16H,2-5H2,1H3,(H,17,18). The van der Waals surface area contributed by atoms with Gasteiger partial charge in [-0.2, -0.15) is 0 Å². The van der Waals surface area contributed by atoms with Gasteiger partial charge in [-0.1, -0.05) is 0 Å². The van der Waals surface area contributed by atoms with Crippen molar-refractivity contribution < 1.29 is 26.7 Å². The van der Waals surface area contributed by atoms with Crippen LogP contribution in [0, 0.1) is 5.92 Å². The molecule has 0 saturated heterocycles. The average Bonchev–Trinajstić information content (AvgIpc) is 2.55. The average molecular weight is 376 g/mol. The second-order valence-corrected chi connectivity index (χ2v) is 9.29. The Bertz CT molecular complexity index is 794. The Morgan fingerprint density at radius 1 is 0.958 bits per heavy atom. The Hall–Kier alpha value is -1.49. The molecule has 134 valence electrons. The van der Waals surface area contributed by atoms with E-state index >= 15 is 0 Å². The number of nitrogens with one attached hydrogen (secondary N) is 2. The number of hydrogen-bond donors (Lipinski definition) is 3. The highest BCUT2D eigenvalue weighted by Crippen LogP contribution is 2.25. The first-order chi connectivity index (χ1) is 11.2. The summed E-state index contributed by atoms with van der Waals surface area (Å²) in [5.74, 6) is -1.27. The van der Waals surface area contributed by atoms with Crippen molar-refractivity contribution in [2.45, 2.75) is 41.5 Å². The molecule has 10 heteroatoms. The van der Waals surface area contributed by atoms with Gasteiger partial charge < -0.3 is 5.11 Å². The summed E-state index contributed by atoms with van der Waals surface area (Å²) in [6, 6.07) is 4.60. The van der Waals surface area contributed by atoms with Gasteiger partial charge in [-0.3, -0.25) is 4.79 Å². The quantitative estimate of drug-likeness (QED) is 0.663. The Kier molecular flexibility index (Phi) is 5.63. The van der Waals surface area contributed by atoms with Gasteiger partial charge in [0.05, 0.1) is 15.7 Å². The molecule has 0 unspecified atom stereocenters.